The molecule has 172 valence electrons. The van der Waals surface area contributed by atoms with E-state index in [1.165, 1.54) is 0 Å². The smallest absolute Gasteiger partial charge is 0.227 e. The van der Waals surface area contributed by atoms with Gasteiger partial charge in [0.1, 0.15) is 5.02 Å². The topological polar surface area (TPSA) is 64.6 Å². The van der Waals surface area contributed by atoms with Gasteiger partial charge in [0.05, 0.1) is 18.2 Å². The summed E-state index contributed by atoms with van der Waals surface area (Å²) in [7, 11) is 2.07. The molecular formula is C22H27Cl3N6O. The van der Waals surface area contributed by atoms with Gasteiger partial charge in [-0.15, -0.1) is 0 Å². The molecule has 2 aromatic rings. The number of halogens is 3. The van der Waals surface area contributed by atoms with Gasteiger partial charge in [-0.3, -0.25) is 4.79 Å². The number of carbonyl (C=O) groups excluding carboxylic acids is 1. The monoisotopic (exact) mass is 496 g/mol. The third-order valence-electron chi connectivity index (χ3n) is 6.13. The van der Waals surface area contributed by atoms with Crippen LogP contribution in [0.5, 0.6) is 0 Å². The van der Waals surface area contributed by atoms with Crippen LogP contribution in [0.15, 0.2) is 24.4 Å². The lowest BCUT2D eigenvalue weighted by Gasteiger charge is -2.36. The summed E-state index contributed by atoms with van der Waals surface area (Å²) in [6, 6.07) is 5.28. The fourth-order valence-corrected chi connectivity index (χ4v) is 4.99. The van der Waals surface area contributed by atoms with Crippen LogP contribution in [-0.2, 0) is 4.79 Å². The van der Waals surface area contributed by atoms with Crippen molar-refractivity contribution in [1.29, 1.82) is 0 Å². The molecule has 2 aliphatic heterocycles. The molecule has 7 nitrogen and oxygen atoms in total. The van der Waals surface area contributed by atoms with Crippen molar-refractivity contribution < 1.29 is 4.79 Å². The number of anilines is 2. The zero-order chi connectivity index (χ0) is 22.8. The van der Waals surface area contributed by atoms with Gasteiger partial charge in [-0.25, -0.2) is 4.98 Å². The minimum absolute atomic E-state index is 0.121. The fourth-order valence-electron chi connectivity index (χ4n) is 4.27. The highest BCUT2D eigenvalue weighted by atomic mass is 35.5. The molecule has 0 aliphatic carbocycles. The molecule has 2 aliphatic rings. The minimum atomic E-state index is -0.126. The standard InChI is InChI=1S/C22H27Cl3N6O/c1-14(17-4-3-16(23)11-18(17)24)27-20-19(25)12-26-22(28-20)31-9-7-30(8-10-31)21(32)15-5-6-29(2)13-15/h3-4,11-12,14-15H,5-10,13H2,1-2H3,(H,26,27,28)/t14-,15-/m1/s1. The van der Waals surface area contributed by atoms with Crippen LogP contribution in [0.2, 0.25) is 15.1 Å². The van der Waals surface area contributed by atoms with E-state index in [1.54, 1.807) is 18.3 Å². The number of amides is 1. The van der Waals surface area contributed by atoms with Crippen molar-refractivity contribution in [3.8, 4) is 0 Å². The van der Waals surface area contributed by atoms with Crippen molar-refractivity contribution in [2.75, 3.05) is 56.5 Å². The van der Waals surface area contributed by atoms with Crippen LogP contribution in [0.4, 0.5) is 11.8 Å². The van der Waals surface area contributed by atoms with Gasteiger partial charge in [-0.2, -0.15) is 4.98 Å². The summed E-state index contributed by atoms with van der Waals surface area (Å²) in [5.74, 6) is 1.53. The molecular weight excluding hydrogens is 471 g/mol. The Labute approximate surface area is 203 Å². The van der Waals surface area contributed by atoms with Crippen molar-refractivity contribution in [1.82, 2.24) is 19.8 Å². The second kappa shape index (κ2) is 10.00. The first-order valence-corrected chi connectivity index (χ1v) is 11.9. The second-order valence-corrected chi connectivity index (χ2v) is 9.71. The highest BCUT2D eigenvalue weighted by molar-refractivity contribution is 6.35. The molecule has 1 N–H and O–H groups in total. The summed E-state index contributed by atoms with van der Waals surface area (Å²) in [4.78, 5) is 28.1. The molecule has 32 heavy (non-hydrogen) atoms. The largest absolute Gasteiger partial charge is 0.362 e. The Kier molecular flexibility index (Phi) is 7.30. The lowest BCUT2D eigenvalue weighted by molar-refractivity contribution is -0.135. The van der Waals surface area contributed by atoms with Crippen LogP contribution < -0.4 is 10.2 Å². The van der Waals surface area contributed by atoms with Gasteiger partial charge >= 0.3 is 0 Å². The Morgan fingerprint density at radius 1 is 1.12 bits per heavy atom. The van der Waals surface area contributed by atoms with E-state index in [4.69, 9.17) is 34.8 Å². The number of piperazine rings is 1. The number of hydrogen-bond donors (Lipinski definition) is 1. The fraction of sp³-hybridized carbons (Fsp3) is 0.500. The Morgan fingerprint density at radius 3 is 2.53 bits per heavy atom. The average Bonchev–Trinajstić information content (AvgIpc) is 3.21. The first kappa shape index (κ1) is 23.4. The SMILES string of the molecule is C[C@@H](Nc1nc(N2CCN(C(=O)[C@@H]3CCN(C)C3)CC2)ncc1Cl)c1ccc(Cl)cc1Cl. The minimum Gasteiger partial charge on any atom is -0.362 e. The number of nitrogens with zero attached hydrogens (tertiary/aromatic N) is 5. The van der Waals surface area contributed by atoms with E-state index in [0.29, 0.717) is 53.0 Å². The molecule has 10 heteroatoms. The highest BCUT2D eigenvalue weighted by Crippen LogP contribution is 2.31. The molecule has 0 unspecified atom stereocenters. The van der Waals surface area contributed by atoms with E-state index in [2.05, 4.69) is 32.1 Å². The van der Waals surface area contributed by atoms with Crippen molar-refractivity contribution in [3.63, 3.8) is 0 Å². The van der Waals surface area contributed by atoms with E-state index in [0.717, 1.165) is 25.1 Å². The predicted molar refractivity (Wildman–Crippen MR) is 130 cm³/mol. The zero-order valence-electron chi connectivity index (χ0n) is 18.2. The molecule has 1 aromatic heterocycles. The van der Waals surface area contributed by atoms with E-state index < -0.39 is 0 Å². The van der Waals surface area contributed by atoms with Crippen molar-refractivity contribution in [3.05, 3.63) is 45.0 Å². The molecule has 4 rings (SSSR count). The third-order valence-corrected chi connectivity index (χ3v) is 6.97. The number of benzene rings is 1. The number of aromatic nitrogens is 2. The number of rotatable bonds is 5. The first-order valence-electron chi connectivity index (χ1n) is 10.8. The maximum atomic E-state index is 12.8. The van der Waals surface area contributed by atoms with Crippen LogP contribution in [0, 0.1) is 5.92 Å². The Morgan fingerprint density at radius 2 is 1.88 bits per heavy atom. The van der Waals surface area contributed by atoms with Gasteiger partial charge in [0, 0.05) is 42.8 Å². The van der Waals surface area contributed by atoms with Crippen LogP contribution in [0.3, 0.4) is 0 Å². The van der Waals surface area contributed by atoms with E-state index in [9.17, 15) is 4.79 Å². The second-order valence-electron chi connectivity index (χ2n) is 8.46. The summed E-state index contributed by atoms with van der Waals surface area (Å²) in [6.45, 7) is 6.55. The molecule has 0 radical (unpaired) electrons. The lowest BCUT2D eigenvalue weighted by atomic mass is 10.1. The van der Waals surface area contributed by atoms with Gasteiger partial charge in [0.25, 0.3) is 0 Å². The summed E-state index contributed by atoms with van der Waals surface area (Å²) in [6.07, 6.45) is 2.55. The number of nitrogens with one attached hydrogen (secondary N) is 1. The quantitative estimate of drug-likeness (QED) is 0.668. The van der Waals surface area contributed by atoms with Crippen LogP contribution in [0.25, 0.3) is 0 Å². The summed E-state index contributed by atoms with van der Waals surface area (Å²) >= 11 is 18.7. The molecule has 0 spiro atoms. The van der Waals surface area contributed by atoms with E-state index in [1.807, 2.05) is 17.9 Å². The van der Waals surface area contributed by atoms with Gasteiger partial charge < -0.3 is 20.0 Å². The molecule has 1 amide bonds. The number of likely N-dealkylation sites (tertiary alicyclic amines) is 1. The molecule has 2 atom stereocenters. The van der Waals surface area contributed by atoms with E-state index in [-0.39, 0.29) is 17.9 Å². The summed E-state index contributed by atoms with van der Waals surface area (Å²) < 4.78 is 0. The Hall–Kier alpha value is -1.80. The Balaban J connectivity index is 1.40. The van der Waals surface area contributed by atoms with Gasteiger partial charge in [-0.1, -0.05) is 40.9 Å². The first-order chi connectivity index (χ1) is 15.3. The predicted octanol–water partition coefficient (Wildman–Crippen LogP) is 4.21. The molecule has 2 fully saturated rings. The van der Waals surface area contributed by atoms with Crippen LogP contribution in [-0.4, -0.2) is 72.0 Å². The van der Waals surface area contributed by atoms with Gasteiger partial charge in [0.2, 0.25) is 11.9 Å². The van der Waals surface area contributed by atoms with Crippen LogP contribution >= 0.6 is 34.8 Å². The van der Waals surface area contributed by atoms with Gasteiger partial charge in [-0.05, 0) is 44.6 Å². The van der Waals surface area contributed by atoms with E-state index >= 15 is 0 Å². The maximum absolute atomic E-state index is 12.8. The van der Waals surface area contributed by atoms with Gasteiger partial charge in [0.15, 0.2) is 5.82 Å². The molecule has 0 bridgehead atoms. The number of carbonyl (C=O) groups is 1. The lowest BCUT2D eigenvalue weighted by Crippen LogP contribution is -2.51. The summed E-state index contributed by atoms with van der Waals surface area (Å²) in [5.41, 5.74) is 0.900. The van der Waals surface area contributed by atoms with Crippen molar-refractivity contribution >= 4 is 52.5 Å². The molecule has 2 saturated heterocycles. The summed E-state index contributed by atoms with van der Waals surface area (Å²) in [5, 5.41) is 4.93. The van der Waals surface area contributed by atoms with Crippen molar-refractivity contribution in [2.45, 2.75) is 19.4 Å². The zero-order valence-corrected chi connectivity index (χ0v) is 20.5. The highest BCUT2D eigenvalue weighted by Gasteiger charge is 2.32. The average molecular weight is 498 g/mol. The normalized spacial score (nSPS) is 20.5. The molecule has 0 saturated carbocycles. The maximum Gasteiger partial charge on any atom is 0.227 e. The third kappa shape index (κ3) is 5.22. The molecule has 1 aromatic carbocycles. The molecule has 3 heterocycles. The Bertz CT molecular complexity index is 982. The van der Waals surface area contributed by atoms with Crippen molar-refractivity contribution in [2.24, 2.45) is 5.92 Å². The van der Waals surface area contributed by atoms with Crippen LogP contribution in [0.1, 0.15) is 24.9 Å². The number of hydrogen-bond acceptors (Lipinski definition) is 6.